The van der Waals surface area contributed by atoms with E-state index in [9.17, 15) is 4.79 Å². The van der Waals surface area contributed by atoms with Crippen molar-refractivity contribution in [3.8, 4) is 5.75 Å². The first-order valence-electron chi connectivity index (χ1n) is 6.77. The highest BCUT2D eigenvalue weighted by atomic mass is 16.5. The Morgan fingerprint density at radius 1 is 1.37 bits per heavy atom. The molecule has 1 rings (SSSR count). The molecule has 1 aromatic rings. The Morgan fingerprint density at radius 2 is 2.05 bits per heavy atom. The second kappa shape index (κ2) is 7.02. The molecule has 0 aliphatic rings. The summed E-state index contributed by atoms with van der Waals surface area (Å²) in [5.41, 5.74) is 6.98. The Morgan fingerprint density at radius 3 is 2.63 bits per heavy atom. The average Bonchev–Trinajstić information content (AvgIpc) is 2.37. The van der Waals surface area contributed by atoms with Gasteiger partial charge in [-0.15, -0.1) is 0 Å². The third-order valence-electron chi connectivity index (χ3n) is 2.84. The van der Waals surface area contributed by atoms with Crippen molar-refractivity contribution in [3.63, 3.8) is 0 Å². The molecule has 0 saturated carbocycles. The van der Waals surface area contributed by atoms with Crippen molar-refractivity contribution in [2.75, 3.05) is 12.3 Å². The molecule has 4 heteroatoms. The van der Waals surface area contributed by atoms with Crippen molar-refractivity contribution in [2.24, 2.45) is 5.92 Å². The first-order valence-corrected chi connectivity index (χ1v) is 6.77. The van der Waals surface area contributed by atoms with Crippen LogP contribution in [0.15, 0.2) is 18.2 Å². The van der Waals surface area contributed by atoms with E-state index in [2.05, 4.69) is 19.2 Å². The van der Waals surface area contributed by atoms with E-state index in [4.69, 9.17) is 10.5 Å². The topological polar surface area (TPSA) is 64.4 Å². The van der Waals surface area contributed by atoms with Gasteiger partial charge in [0.2, 0.25) is 0 Å². The van der Waals surface area contributed by atoms with E-state index in [-0.39, 0.29) is 11.9 Å². The lowest BCUT2D eigenvalue weighted by Gasteiger charge is -2.14. The normalized spacial score (nSPS) is 12.3. The first-order chi connectivity index (χ1) is 8.93. The Labute approximate surface area is 115 Å². The molecule has 0 radical (unpaired) electrons. The minimum absolute atomic E-state index is 0.0938. The van der Waals surface area contributed by atoms with E-state index in [1.54, 1.807) is 18.2 Å². The highest BCUT2D eigenvalue weighted by Gasteiger charge is 2.11. The highest BCUT2D eigenvalue weighted by Crippen LogP contribution is 2.23. The van der Waals surface area contributed by atoms with Crippen LogP contribution in [0.4, 0.5) is 5.69 Å². The van der Waals surface area contributed by atoms with Gasteiger partial charge in [-0.05, 0) is 37.5 Å². The lowest BCUT2D eigenvalue weighted by Crippen LogP contribution is -2.31. The number of rotatable bonds is 6. The molecule has 0 aromatic heterocycles. The second-order valence-electron chi connectivity index (χ2n) is 5.24. The first kappa shape index (κ1) is 15.3. The number of carbonyl (C=O) groups is 1. The fraction of sp³-hybridized carbons (Fsp3) is 0.533. The van der Waals surface area contributed by atoms with Crippen LogP contribution in [0, 0.1) is 5.92 Å². The van der Waals surface area contributed by atoms with Crippen molar-refractivity contribution in [3.05, 3.63) is 23.8 Å². The maximum absolute atomic E-state index is 12.0. The van der Waals surface area contributed by atoms with Crippen LogP contribution in [0.1, 0.15) is 44.5 Å². The van der Waals surface area contributed by atoms with E-state index < -0.39 is 0 Å². The number of hydrogen-bond acceptors (Lipinski definition) is 3. The van der Waals surface area contributed by atoms with Crippen LogP contribution in [0.25, 0.3) is 0 Å². The molecule has 4 nitrogen and oxygen atoms in total. The largest absolute Gasteiger partial charge is 0.491 e. The maximum atomic E-state index is 12.0. The minimum atomic E-state index is -0.0938. The average molecular weight is 264 g/mol. The van der Waals surface area contributed by atoms with Crippen LogP contribution in [-0.4, -0.2) is 18.6 Å². The Balaban J connectivity index is 2.80. The van der Waals surface area contributed by atoms with E-state index in [0.29, 0.717) is 29.5 Å². The molecular formula is C15H24N2O2. The number of amides is 1. The van der Waals surface area contributed by atoms with E-state index in [1.165, 1.54) is 0 Å². The summed E-state index contributed by atoms with van der Waals surface area (Å²) < 4.78 is 5.62. The standard InChI is InChI=1S/C15H24N2O2/c1-5-11(4)17-15(18)12-6-7-13(16)14(8-12)19-9-10(2)3/h6-8,10-11H,5,9,16H2,1-4H3,(H,17,18). The third-order valence-corrected chi connectivity index (χ3v) is 2.84. The summed E-state index contributed by atoms with van der Waals surface area (Å²) in [5, 5.41) is 2.92. The van der Waals surface area contributed by atoms with E-state index in [1.807, 2.05) is 13.8 Å². The number of ether oxygens (including phenoxy) is 1. The van der Waals surface area contributed by atoms with Crippen LogP contribution >= 0.6 is 0 Å². The number of carbonyl (C=O) groups excluding carboxylic acids is 1. The second-order valence-corrected chi connectivity index (χ2v) is 5.24. The molecule has 0 fully saturated rings. The molecule has 0 spiro atoms. The summed E-state index contributed by atoms with van der Waals surface area (Å²) in [6, 6.07) is 5.29. The van der Waals surface area contributed by atoms with Gasteiger partial charge in [-0.2, -0.15) is 0 Å². The predicted molar refractivity (Wildman–Crippen MR) is 78.4 cm³/mol. The summed E-state index contributed by atoms with van der Waals surface area (Å²) >= 11 is 0. The molecule has 19 heavy (non-hydrogen) atoms. The zero-order valence-electron chi connectivity index (χ0n) is 12.2. The third kappa shape index (κ3) is 4.81. The smallest absolute Gasteiger partial charge is 0.251 e. The fourth-order valence-corrected chi connectivity index (χ4v) is 1.47. The van der Waals surface area contributed by atoms with Crippen molar-refractivity contribution in [2.45, 2.75) is 40.2 Å². The molecule has 0 aliphatic heterocycles. The SMILES string of the molecule is CCC(C)NC(=O)c1ccc(N)c(OCC(C)C)c1. The number of nitrogens with two attached hydrogens (primary N) is 1. The van der Waals surface area contributed by atoms with Gasteiger partial charge >= 0.3 is 0 Å². The maximum Gasteiger partial charge on any atom is 0.251 e. The summed E-state index contributed by atoms with van der Waals surface area (Å²) in [5.74, 6) is 0.895. The molecule has 1 amide bonds. The Bertz CT molecular complexity index is 430. The Hall–Kier alpha value is -1.71. The van der Waals surface area contributed by atoms with Gasteiger partial charge in [0.05, 0.1) is 12.3 Å². The van der Waals surface area contributed by atoms with E-state index in [0.717, 1.165) is 6.42 Å². The van der Waals surface area contributed by atoms with Crippen LogP contribution in [0.5, 0.6) is 5.75 Å². The van der Waals surface area contributed by atoms with Gasteiger partial charge in [-0.1, -0.05) is 20.8 Å². The van der Waals surface area contributed by atoms with Crippen molar-refractivity contribution in [1.82, 2.24) is 5.32 Å². The van der Waals surface area contributed by atoms with Crippen molar-refractivity contribution < 1.29 is 9.53 Å². The van der Waals surface area contributed by atoms with Gasteiger partial charge in [-0.3, -0.25) is 4.79 Å². The zero-order chi connectivity index (χ0) is 14.4. The minimum Gasteiger partial charge on any atom is -0.491 e. The summed E-state index contributed by atoms with van der Waals surface area (Å²) in [7, 11) is 0. The predicted octanol–water partition coefficient (Wildman–Crippen LogP) is 2.83. The number of hydrogen-bond donors (Lipinski definition) is 2. The van der Waals surface area contributed by atoms with Crippen LogP contribution < -0.4 is 15.8 Å². The van der Waals surface area contributed by atoms with Crippen LogP contribution in [0.2, 0.25) is 0 Å². The molecule has 1 aromatic carbocycles. The number of nitrogens with one attached hydrogen (secondary N) is 1. The molecular weight excluding hydrogens is 240 g/mol. The monoisotopic (exact) mass is 264 g/mol. The molecule has 106 valence electrons. The summed E-state index contributed by atoms with van der Waals surface area (Å²) in [4.78, 5) is 12.0. The lowest BCUT2D eigenvalue weighted by molar-refractivity contribution is 0.0939. The molecule has 0 bridgehead atoms. The van der Waals surface area contributed by atoms with Crippen LogP contribution in [0.3, 0.4) is 0 Å². The molecule has 1 unspecified atom stereocenters. The fourth-order valence-electron chi connectivity index (χ4n) is 1.47. The highest BCUT2D eigenvalue weighted by molar-refractivity contribution is 5.95. The lowest BCUT2D eigenvalue weighted by atomic mass is 10.1. The summed E-state index contributed by atoms with van der Waals surface area (Å²) in [6.45, 7) is 8.72. The quantitative estimate of drug-likeness (QED) is 0.776. The van der Waals surface area contributed by atoms with Gasteiger partial charge in [0.15, 0.2) is 0 Å². The molecule has 0 aliphatic carbocycles. The van der Waals surface area contributed by atoms with Gasteiger partial charge in [0.25, 0.3) is 5.91 Å². The Kier molecular flexibility index (Phi) is 5.67. The van der Waals surface area contributed by atoms with Gasteiger partial charge in [0.1, 0.15) is 5.75 Å². The van der Waals surface area contributed by atoms with Gasteiger partial charge in [-0.25, -0.2) is 0 Å². The van der Waals surface area contributed by atoms with Gasteiger partial charge in [0, 0.05) is 11.6 Å². The van der Waals surface area contributed by atoms with Crippen LogP contribution in [-0.2, 0) is 0 Å². The number of nitrogen functional groups attached to an aromatic ring is 1. The van der Waals surface area contributed by atoms with Crippen molar-refractivity contribution in [1.29, 1.82) is 0 Å². The van der Waals surface area contributed by atoms with Gasteiger partial charge < -0.3 is 15.8 Å². The molecule has 0 heterocycles. The summed E-state index contributed by atoms with van der Waals surface area (Å²) in [6.07, 6.45) is 0.900. The number of anilines is 1. The van der Waals surface area contributed by atoms with E-state index >= 15 is 0 Å². The van der Waals surface area contributed by atoms with Crippen molar-refractivity contribution >= 4 is 11.6 Å². The molecule has 1 atom stereocenters. The molecule has 0 saturated heterocycles. The zero-order valence-corrected chi connectivity index (χ0v) is 12.2. The number of benzene rings is 1. The molecule has 3 N–H and O–H groups in total.